The van der Waals surface area contributed by atoms with E-state index >= 15 is 0 Å². The third-order valence-electron chi connectivity index (χ3n) is 3.69. The molecule has 1 fully saturated rings. The topological polar surface area (TPSA) is 54.9 Å². The van der Waals surface area contributed by atoms with Crippen LogP contribution in [0.15, 0.2) is 29.3 Å². The van der Waals surface area contributed by atoms with E-state index in [9.17, 15) is 0 Å². The number of ether oxygens (including phenoxy) is 2. The maximum atomic E-state index is 5.69. The molecule has 1 unspecified atom stereocenters. The van der Waals surface area contributed by atoms with Gasteiger partial charge in [-0.3, -0.25) is 4.99 Å². The fourth-order valence-electron chi connectivity index (χ4n) is 2.43. The molecule has 1 aliphatic heterocycles. The van der Waals surface area contributed by atoms with Crippen LogP contribution in [0, 0.1) is 0 Å². The molecule has 0 bridgehead atoms. The standard InChI is InChI=1S/C17H27N3O2S/c1-18-17(20-12-16-7-4-10-23-16)19-8-9-22-13-14-5-3-6-15(11-14)21-2/h3,5-6,11,16H,4,7-10,12-13H2,1-2H3,(H2,18,19,20). The smallest absolute Gasteiger partial charge is 0.191 e. The van der Waals surface area contributed by atoms with Gasteiger partial charge in [-0.25, -0.2) is 0 Å². The van der Waals surface area contributed by atoms with E-state index in [-0.39, 0.29) is 0 Å². The lowest BCUT2D eigenvalue weighted by Crippen LogP contribution is -2.41. The van der Waals surface area contributed by atoms with Gasteiger partial charge in [0.05, 0.1) is 20.3 Å². The summed E-state index contributed by atoms with van der Waals surface area (Å²) in [5.74, 6) is 3.00. The van der Waals surface area contributed by atoms with Crippen molar-refractivity contribution in [1.29, 1.82) is 0 Å². The van der Waals surface area contributed by atoms with Crippen LogP contribution in [-0.2, 0) is 11.3 Å². The fourth-order valence-corrected chi connectivity index (χ4v) is 3.63. The van der Waals surface area contributed by atoms with Crippen molar-refractivity contribution in [2.24, 2.45) is 4.99 Å². The summed E-state index contributed by atoms with van der Waals surface area (Å²) in [6, 6.07) is 7.94. The number of nitrogens with zero attached hydrogens (tertiary/aromatic N) is 1. The minimum Gasteiger partial charge on any atom is -0.497 e. The number of thioether (sulfide) groups is 1. The van der Waals surface area contributed by atoms with Gasteiger partial charge in [-0.1, -0.05) is 12.1 Å². The Morgan fingerprint density at radius 2 is 2.30 bits per heavy atom. The van der Waals surface area contributed by atoms with Crippen LogP contribution in [0.25, 0.3) is 0 Å². The molecule has 0 spiro atoms. The highest BCUT2D eigenvalue weighted by atomic mass is 32.2. The second kappa shape index (κ2) is 10.4. The summed E-state index contributed by atoms with van der Waals surface area (Å²) >= 11 is 2.05. The lowest BCUT2D eigenvalue weighted by Gasteiger charge is -2.14. The Bertz CT molecular complexity index is 490. The molecule has 1 saturated heterocycles. The third kappa shape index (κ3) is 6.71. The zero-order valence-corrected chi connectivity index (χ0v) is 14.8. The molecule has 2 rings (SSSR count). The number of hydrogen-bond donors (Lipinski definition) is 2. The van der Waals surface area contributed by atoms with Crippen molar-refractivity contribution < 1.29 is 9.47 Å². The third-order valence-corrected chi connectivity index (χ3v) is 5.08. The average molecular weight is 337 g/mol. The predicted molar refractivity (Wildman–Crippen MR) is 97.5 cm³/mol. The minimum atomic E-state index is 0.587. The molecule has 0 saturated carbocycles. The van der Waals surface area contributed by atoms with Gasteiger partial charge in [0.15, 0.2) is 5.96 Å². The quantitative estimate of drug-likeness (QED) is 0.433. The van der Waals surface area contributed by atoms with Gasteiger partial charge in [0.2, 0.25) is 0 Å². The largest absolute Gasteiger partial charge is 0.497 e. The van der Waals surface area contributed by atoms with Gasteiger partial charge in [0, 0.05) is 25.4 Å². The summed E-state index contributed by atoms with van der Waals surface area (Å²) in [4.78, 5) is 4.24. The minimum absolute atomic E-state index is 0.587. The second-order valence-electron chi connectivity index (χ2n) is 5.42. The molecule has 1 aliphatic rings. The van der Waals surface area contributed by atoms with Crippen LogP contribution in [0.4, 0.5) is 0 Å². The Morgan fingerprint density at radius 1 is 1.39 bits per heavy atom. The van der Waals surface area contributed by atoms with Gasteiger partial charge in [0.25, 0.3) is 0 Å². The maximum absolute atomic E-state index is 5.69. The van der Waals surface area contributed by atoms with Crippen LogP contribution in [0.3, 0.4) is 0 Å². The summed E-state index contributed by atoms with van der Waals surface area (Å²) in [5.41, 5.74) is 1.12. The predicted octanol–water partition coefficient (Wildman–Crippen LogP) is 2.27. The zero-order valence-electron chi connectivity index (χ0n) is 14.0. The summed E-state index contributed by atoms with van der Waals surface area (Å²) in [6.45, 7) is 2.94. The van der Waals surface area contributed by atoms with E-state index in [1.54, 1.807) is 14.2 Å². The Labute approximate surface area is 143 Å². The monoisotopic (exact) mass is 337 g/mol. The van der Waals surface area contributed by atoms with Crippen LogP contribution in [0.1, 0.15) is 18.4 Å². The van der Waals surface area contributed by atoms with Crippen LogP contribution in [-0.4, -0.2) is 50.8 Å². The Morgan fingerprint density at radius 3 is 3.04 bits per heavy atom. The van der Waals surface area contributed by atoms with E-state index in [1.165, 1.54) is 18.6 Å². The maximum Gasteiger partial charge on any atom is 0.191 e. The highest BCUT2D eigenvalue weighted by Crippen LogP contribution is 2.25. The Kier molecular flexibility index (Phi) is 8.11. The normalized spacial score (nSPS) is 18.0. The molecular formula is C17H27N3O2S. The molecule has 0 amide bonds. The van der Waals surface area contributed by atoms with Crippen molar-refractivity contribution >= 4 is 17.7 Å². The highest BCUT2D eigenvalue weighted by Gasteiger charge is 2.15. The number of aliphatic imine (C=N–C) groups is 1. The molecule has 23 heavy (non-hydrogen) atoms. The van der Waals surface area contributed by atoms with Gasteiger partial charge in [-0.05, 0) is 36.3 Å². The molecule has 5 nitrogen and oxygen atoms in total. The first-order valence-electron chi connectivity index (χ1n) is 8.08. The van der Waals surface area contributed by atoms with Crippen molar-refractivity contribution in [2.75, 3.05) is 39.6 Å². The lowest BCUT2D eigenvalue weighted by atomic mass is 10.2. The second-order valence-corrected chi connectivity index (χ2v) is 6.83. The van der Waals surface area contributed by atoms with Crippen molar-refractivity contribution in [1.82, 2.24) is 10.6 Å². The zero-order chi connectivity index (χ0) is 16.3. The fraction of sp³-hybridized carbons (Fsp3) is 0.588. The van der Waals surface area contributed by atoms with Gasteiger partial charge in [0.1, 0.15) is 5.75 Å². The Balaban J connectivity index is 1.57. The average Bonchev–Trinajstić information content (AvgIpc) is 3.11. The molecule has 6 heteroatoms. The molecule has 1 aromatic carbocycles. The summed E-state index contributed by atoms with van der Waals surface area (Å²) in [5, 5.41) is 7.38. The molecule has 0 aromatic heterocycles. The molecular weight excluding hydrogens is 310 g/mol. The number of methoxy groups -OCH3 is 1. The SMILES string of the molecule is CN=C(NCCOCc1cccc(OC)c1)NCC1CCCS1. The first-order valence-corrected chi connectivity index (χ1v) is 9.13. The Hall–Kier alpha value is -1.40. The van der Waals surface area contributed by atoms with Gasteiger partial charge in [-0.15, -0.1) is 0 Å². The molecule has 1 atom stereocenters. The van der Waals surface area contributed by atoms with E-state index in [1.807, 2.05) is 36.0 Å². The van der Waals surface area contributed by atoms with Gasteiger partial charge >= 0.3 is 0 Å². The van der Waals surface area contributed by atoms with Gasteiger partial charge in [-0.2, -0.15) is 11.8 Å². The van der Waals surface area contributed by atoms with Gasteiger partial charge < -0.3 is 20.1 Å². The van der Waals surface area contributed by atoms with E-state index in [4.69, 9.17) is 9.47 Å². The molecule has 0 aliphatic carbocycles. The molecule has 128 valence electrons. The molecule has 0 radical (unpaired) electrons. The van der Waals surface area contributed by atoms with Crippen LogP contribution < -0.4 is 15.4 Å². The molecule has 1 aromatic rings. The van der Waals surface area contributed by atoms with Crippen LogP contribution >= 0.6 is 11.8 Å². The van der Waals surface area contributed by atoms with Crippen LogP contribution in [0.5, 0.6) is 5.75 Å². The number of rotatable bonds is 8. The van der Waals surface area contributed by atoms with E-state index in [2.05, 4.69) is 15.6 Å². The number of benzene rings is 1. The lowest BCUT2D eigenvalue weighted by molar-refractivity contribution is 0.125. The summed E-state index contributed by atoms with van der Waals surface area (Å²) in [6.07, 6.45) is 2.64. The summed E-state index contributed by atoms with van der Waals surface area (Å²) < 4.78 is 10.9. The number of guanidine groups is 1. The van der Waals surface area contributed by atoms with E-state index in [0.29, 0.717) is 13.2 Å². The molecule has 1 heterocycles. The van der Waals surface area contributed by atoms with Crippen molar-refractivity contribution in [3.05, 3.63) is 29.8 Å². The van der Waals surface area contributed by atoms with Crippen molar-refractivity contribution in [2.45, 2.75) is 24.7 Å². The first-order chi connectivity index (χ1) is 11.3. The number of nitrogens with one attached hydrogen (secondary N) is 2. The van der Waals surface area contributed by atoms with Crippen molar-refractivity contribution in [3.8, 4) is 5.75 Å². The number of hydrogen-bond acceptors (Lipinski definition) is 4. The highest BCUT2D eigenvalue weighted by molar-refractivity contribution is 8.00. The van der Waals surface area contributed by atoms with E-state index in [0.717, 1.165) is 35.6 Å². The van der Waals surface area contributed by atoms with Crippen molar-refractivity contribution in [3.63, 3.8) is 0 Å². The molecule has 2 N–H and O–H groups in total. The van der Waals surface area contributed by atoms with E-state index < -0.39 is 0 Å². The summed E-state index contributed by atoms with van der Waals surface area (Å²) in [7, 11) is 3.47. The van der Waals surface area contributed by atoms with Crippen LogP contribution in [0.2, 0.25) is 0 Å². The first kappa shape index (κ1) is 17.9.